The number of nitrogens with zero attached hydrogens (tertiary/aromatic N) is 2. The quantitative estimate of drug-likeness (QED) is 0.173. The van der Waals surface area contributed by atoms with Gasteiger partial charge in [-0.25, -0.2) is 8.78 Å². The van der Waals surface area contributed by atoms with Crippen molar-refractivity contribution in [2.24, 2.45) is 10.2 Å². The van der Waals surface area contributed by atoms with Gasteiger partial charge in [0.15, 0.2) is 13.5 Å². The van der Waals surface area contributed by atoms with Crippen LogP contribution >= 0.6 is 9.47 Å². The molecule has 0 saturated carbocycles. The first-order valence-corrected chi connectivity index (χ1v) is 7.02. The Morgan fingerprint density at radius 3 is 1.50 bits per heavy atom. The molecule has 30 heavy (non-hydrogen) atoms. The van der Waals surface area contributed by atoms with Crippen LogP contribution in [0.5, 0.6) is 0 Å². The van der Waals surface area contributed by atoms with Crippen molar-refractivity contribution in [2.75, 3.05) is 27.1 Å². The SMILES string of the molecule is COC(F)(F)CF.FCN=NCC(F)(F)C(F)(F)OC(F)(C(F)(F)F)C(F)(F)OP. The normalized spacial score (nSPS) is 16.3. The highest BCUT2D eigenvalue weighted by Crippen LogP contribution is 2.52. The smallest absolute Gasteiger partial charge is 0.322 e. The first-order valence-electron chi connectivity index (χ1n) is 6.55. The van der Waals surface area contributed by atoms with E-state index in [0.29, 0.717) is 9.47 Å². The Balaban J connectivity index is 0. The Hall–Kier alpha value is -1.07. The highest BCUT2D eigenvalue weighted by molar-refractivity contribution is 7.09. The van der Waals surface area contributed by atoms with Crippen molar-refractivity contribution in [2.45, 2.75) is 36.3 Å². The van der Waals surface area contributed by atoms with Crippen LogP contribution in [0.2, 0.25) is 0 Å². The molecule has 0 aliphatic rings. The molecule has 0 amide bonds. The van der Waals surface area contributed by atoms with Crippen molar-refractivity contribution in [1.82, 2.24) is 0 Å². The van der Waals surface area contributed by atoms with E-state index in [0.717, 1.165) is 7.11 Å². The second kappa shape index (κ2) is 11.0. The van der Waals surface area contributed by atoms with Gasteiger partial charge < -0.3 is 4.74 Å². The summed E-state index contributed by atoms with van der Waals surface area (Å²) in [5.74, 6) is -12.4. The van der Waals surface area contributed by atoms with Crippen molar-refractivity contribution >= 4 is 9.47 Å². The minimum absolute atomic E-state index is 0.429. The maximum absolute atomic E-state index is 13.3. The van der Waals surface area contributed by atoms with Gasteiger partial charge in [-0.1, -0.05) is 0 Å². The van der Waals surface area contributed by atoms with Gasteiger partial charge in [0.25, 0.3) is 0 Å². The summed E-state index contributed by atoms with van der Waals surface area (Å²) in [6.45, 7) is -5.97. The van der Waals surface area contributed by atoms with Gasteiger partial charge in [0, 0.05) is 16.6 Å². The van der Waals surface area contributed by atoms with Crippen molar-refractivity contribution in [3.8, 4) is 0 Å². The third kappa shape index (κ3) is 8.22. The largest absolute Gasteiger partial charge is 0.458 e. The maximum atomic E-state index is 13.3. The van der Waals surface area contributed by atoms with E-state index in [-0.39, 0.29) is 0 Å². The van der Waals surface area contributed by atoms with Crippen LogP contribution in [0.15, 0.2) is 10.2 Å². The summed E-state index contributed by atoms with van der Waals surface area (Å²) in [5.41, 5.74) is 0. The Morgan fingerprint density at radius 1 is 0.767 bits per heavy atom. The van der Waals surface area contributed by atoms with Crippen LogP contribution in [-0.4, -0.2) is 63.4 Å². The molecule has 2 unspecified atom stereocenters. The van der Waals surface area contributed by atoms with Crippen LogP contribution in [0.3, 0.4) is 0 Å². The number of ether oxygens (including phenoxy) is 2. The zero-order chi connectivity index (χ0) is 24.7. The van der Waals surface area contributed by atoms with E-state index in [4.69, 9.17) is 0 Å². The fraction of sp³-hybridized carbons (Fsp3) is 1.00. The molecule has 0 saturated heterocycles. The molecule has 0 aliphatic heterocycles. The van der Waals surface area contributed by atoms with Gasteiger partial charge in [0.05, 0.1) is 0 Å². The first kappa shape index (κ1) is 31.1. The van der Waals surface area contributed by atoms with Crippen LogP contribution in [-0.2, 0) is 14.0 Å². The third-order valence-corrected chi connectivity index (χ3v) is 2.75. The average molecular weight is 504 g/mol. The number of azo groups is 1. The van der Waals surface area contributed by atoms with Crippen molar-refractivity contribution in [1.29, 1.82) is 0 Å². The van der Waals surface area contributed by atoms with Crippen LogP contribution in [0.4, 0.5) is 61.5 Å². The van der Waals surface area contributed by atoms with E-state index < -0.39 is 56.3 Å². The number of methoxy groups -OCH3 is 1. The van der Waals surface area contributed by atoms with Gasteiger partial charge in [-0.2, -0.15) is 62.9 Å². The molecular weight excluding hydrogens is 493 g/mol. The Morgan fingerprint density at radius 2 is 1.23 bits per heavy atom. The molecule has 2 atom stereocenters. The van der Waals surface area contributed by atoms with Gasteiger partial charge in [-0.3, -0.25) is 9.26 Å². The van der Waals surface area contributed by atoms with Gasteiger partial charge in [-0.05, 0) is 0 Å². The van der Waals surface area contributed by atoms with Gasteiger partial charge in [-0.15, -0.1) is 0 Å². The van der Waals surface area contributed by atoms with Gasteiger partial charge >= 0.3 is 36.3 Å². The molecule has 0 heterocycles. The highest BCUT2D eigenvalue weighted by Gasteiger charge is 2.79. The summed E-state index contributed by atoms with van der Waals surface area (Å²) in [5, 5.41) is 4.29. The number of hydrogen-bond acceptors (Lipinski definition) is 5. The Bertz CT molecular complexity index is 541. The lowest BCUT2D eigenvalue weighted by Crippen LogP contribution is -2.63. The van der Waals surface area contributed by atoms with Crippen LogP contribution < -0.4 is 0 Å². The Kier molecular flexibility index (Phi) is 11.4. The fourth-order valence-electron chi connectivity index (χ4n) is 0.933. The molecule has 182 valence electrons. The molecule has 0 radical (unpaired) electrons. The fourth-order valence-corrected chi connectivity index (χ4v) is 1.08. The summed E-state index contributed by atoms with van der Waals surface area (Å²) < 4.78 is 181. The molecule has 20 heteroatoms. The van der Waals surface area contributed by atoms with Gasteiger partial charge in [0.1, 0.15) is 6.54 Å². The summed E-state index contributed by atoms with van der Waals surface area (Å²) in [6, 6.07) is 0. The van der Waals surface area contributed by atoms with E-state index in [1.165, 1.54) is 0 Å². The molecule has 0 fully saturated rings. The zero-order valence-electron chi connectivity index (χ0n) is 14.1. The molecule has 0 aromatic carbocycles. The number of rotatable bonds is 10. The molecule has 5 nitrogen and oxygen atoms in total. The Labute approximate surface area is 160 Å². The molecule has 0 aliphatic carbocycles. The molecule has 0 spiro atoms. The van der Waals surface area contributed by atoms with E-state index in [1.54, 1.807) is 0 Å². The van der Waals surface area contributed by atoms with Crippen LogP contribution in [0, 0.1) is 0 Å². The van der Waals surface area contributed by atoms with Crippen molar-refractivity contribution in [3.05, 3.63) is 0 Å². The van der Waals surface area contributed by atoms with Crippen LogP contribution in [0.1, 0.15) is 0 Å². The molecule has 0 aromatic rings. The van der Waals surface area contributed by atoms with E-state index >= 15 is 0 Å². The summed E-state index contributed by atoms with van der Waals surface area (Å²) in [7, 11) is 1.18. The predicted molar refractivity (Wildman–Crippen MR) is 70.2 cm³/mol. The molecule has 0 N–H and O–H groups in total. The highest BCUT2D eigenvalue weighted by atomic mass is 31.0. The number of halogens is 14. The lowest BCUT2D eigenvalue weighted by molar-refractivity contribution is -0.507. The van der Waals surface area contributed by atoms with E-state index in [1.807, 2.05) is 0 Å². The third-order valence-electron chi connectivity index (χ3n) is 2.46. The second-order valence-electron chi connectivity index (χ2n) is 4.59. The summed E-state index contributed by atoms with van der Waals surface area (Å²) in [4.78, 5) is 0. The molecular formula is C10H11F14N2O3P. The number of alkyl halides is 14. The lowest BCUT2D eigenvalue weighted by Gasteiger charge is -2.36. The van der Waals surface area contributed by atoms with Gasteiger partial charge in [0.2, 0.25) is 0 Å². The molecule has 0 bridgehead atoms. The molecule has 0 aromatic heterocycles. The monoisotopic (exact) mass is 504 g/mol. The van der Waals surface area contributed by atoms with Crippen molar-refractivity contribution < 1.29 is 75.5 Å². The summed E-state index contributed by atoms with van der Waals surface area (Å²) >= 11 is 0. The topological polar surface area (TPSA) is 52.4 Å². The second-order valence-corrected chi connectivity index (χ2v) is 4.82. The van der Waals surface area contributed by atoms with Crippen molar-refractivity contribution in [3.63, 3.8) is 0 Å². The lowest BCUT2D eigenvalue weighted by atomic mass is 10.2. The zero-order valence-corrected chi connectivity index (χ0v) is 15.3. The molecule has 0 rings (SSSR count). The van der Waals surface area contributed by atoms with Crippen LogP contribution in [0.25, 0.3) is 0 Å². The minimum atomic E-state index is -6.90. The predicted octanol–water partition coefficient (Wildman–Crippen LogP) is 5.43. The van der Waals surface area contributed by atoms with E-state index in [9.17, 15) is 61.5 Å². The average Bonchev–Trinajstić information content (AvgIpc) is 2.60. The number of hydrogen-bond donors (Lipinski definition) is 0. The standard InChI is InChI=1S/C7H6F11N2O2P.C3H5F3O/c8-2-20-19-1-3(9,10)6(15,16)21-4(11,5(12,13)14)7(17,18)22-23;1-7-3(5,6)2-4/h1-2,23H2;2H2,1H3. The summed E-state index contributed by atoms with van der Waals surface area (Å²) in [6.07, 6.45) is -23.0. The van der Waals surface area contributed by atoms with E-state index in [2.05, 4.69) is 24.2 Å². The maximum Gasteiger partial charge on any atom is 0.458 e. The first-order chi connectivity index (χ1) is 13.2. The minimum Gasteiger partial charge on any atom is -0.322 e.